The van der Waals surface area contributed by atoms with E-state index in [4.69, 9.17) is 0 Å². The lowest BCUT2D eigenvalue weighted by Crippen LogP contribution is -2.65. The zero-order chi connectivity index (χ0) is 15.2. The first-order chi connectivity index (χ1) is 9.86. The molecule has 2 amide bonds. The van der Waals surface area contributed by atoms with Gasteiger partial charge in [-0.2, -0.15) is 4.37 Å². The van der Waals surface area contributed by atoms with Gasteiger partial charge in [-0.05, 0) is 0 Å². The molecule has 2 saturated heterocycles. The van der Waals surface area contributed by atoms with Crippen LogP contribution < -0.4 is 10.2 Å². The van der Waals surface area contributed by atoms with Crippen molar-refractivity contribution in [1.29, 1.82) is 0 Å². The number of carbonyl (C=O) groups excluding carboxylic acids is 2. The second-order valence-electron chi connectivity index (χ2n) is 6.46. The number of fused-ring (bicyclic) bond motifs is 1. The number of anilines is 1. The van der Waals surface area contributed by atoms with Gasteiger partial charge >= 0.3 is 11.8 Å². The highest BCUT2D eigenvalue weighted by Gasteiger charge is 2.38. The summed E-state index contributed by atoms with van der Waals surface area (Å²) >= 11 is 1.40. The molecule has 3 rings (SSSR count). The van der Waals surface area contributed by atoms with Gasteiger partial charge in [0.25, 0.3) is 0 Å². The minimum atomic E-state index is -0.495. The Hall–Kier alpha value is -1.70. The highest BCUT2D eigenvalue weighted by atomic mass is 32.1. The van der Waals surface area contributed by atoms with Crippen LogP contribution in [0.15, 0.2) is 0 Å². The third-order valence-corrected chi connectivity index (χ3v) is 4.57. The van der Waals surface area contributed by atoms with Crippen LogP contribution in [0, 0.1) is 0 Å². The fourth-order valence-electron chi connectivity index (χ4n) is 2.54. The summed E-state index contributed by atoms with van der Waals surface area (Å²) in [5.74, 6) is -0.0675. The molecule has 8 heteroatoms. The van der Waals surface area contributed by atoms with Crippen molar-refractivity contribution < 1.29 is 9.59 Å². The Morgan fingerprint density at radius 3 is 2.71 bits per heavy atom. The van der Waals surface area contributed by atoms with Gasteiger partial charge < -0.3 is 15.1 Å². The van der Waals surface area contributed by atoms with Crippen LogP contribution >= 0.6 is 11.5 Å². The Balaban J connectivity index is 1.74. The molecular weight excluding hydrogens is 290 g/mol. The number of nitrogens with zero attached hydrogens (tertiary/aromatic N) is 4. The van der Waals surface area contributed by atoms with Crippen LogP contribution in [0.2, 0.25) is 0 Å². The van der Waals surface area contributed by atoms with Crippen LogP contribution in [0.25, 0.3) is 0 Å². The third kappa shape index (κ3) is 2.59. The molecule has 0 bridgehead atoms. The first-order valence-electron chi connectivity index (χ1n) is 7.04. The number of rotatable bonds is 1. The van der Waals surface area contributed by atoms with Gasteiger partial charge in [0.1, 0.15) is 5.82 Å². The summed E-state index contributed by atoms with van der Waals surface area (Å²) < 4.78 is 4.43. The van der Waals surface area contributed by atoms with Gasteiger partial charge in [-0.1, -0.05) is 20.8 Å². The number of hydrogen-bond acceptors (Lipinski definition) is 6. The normalized spacial score (nSPS) is 23.1. The lowest BCUT2D eigenvalue weighted by atomic mass is 9.96. The summed E-state index contributed by atoms with van der Waals surface area (Å²) in [4.78, 5) is 31.6. The molecule has 0 aliphatic carbocycles. The number of nitrogens with one attached hydrogen (secondary N) is 1. The summed E-state index contributed by atoms with van der Waals surface area (Å²) in [5.41, 5.74) is -0.0641. The summed E-state index contributed by atoms with van der Waals surface area (Å²) in [6, 6.07) is 0.0194. The standard InChI is InChI=1S/C13H19N5O2S/c1-13(2,3)11-15-12(21-16-11)17-4-5-18-8(7-17)6-14-9(19)10(18)20/h8H,4-7H2,1-3H3,(H,14,19). The Labute approximate surface area is 127 Å². The molecule has 21 heavy (non-hydrogen) atoms. The van der Waals surface area contributed by atoms with Crippen molar-refractivity contribution in [3.05, 3.63) is 5.82 Å². The molecule has 0 radical (unpaired) electrons. The maximum Gasteiger partial charge on any atom is 0.312 e. The summed E-state index contributed by atoms with van der Waals surface area (Å²) in [6.45, 7) is 8.71. The zero-order valence-corrected chi connectivity index (χ0v) is 13.2. The molecule has 0 aromatic carbocycles. The summed E-state index contributed by atoms with van der Waals surface area (Å²) in [5, 5.41) is 3.54. The van der Waals surface area contributed by atoms with Crippen molar-refractivity contribution in [2.75, 3.05) is 31.1 Å². The molecule has 1 N–H and O–H groups in total. The van der Waals surface area contributed by atoms with Gasteiger partial charge in [0.15, 0.2) is 0 Å². The van der Waals surface area contributed by atoms with Crippen molar-refractivity contribution in [2.24, 2.45) is 0 Å². The molecule has 1 atom stereocenters. The number of amides is 2. The first kappa shape index (κ1) is 14.2. The van der Waals surface area contributed by atoms with Gasteiger partial charge in [0, 0.05) is 43.1 Å². The fourth-order valence-corrected chi connectivity index (χ4v) is 3.43. The predicted molar refractivity (Wildman–Crippen MR) is 79.3 cm³/mol. The Bertz CT molecular complexity index is 579. The van der Waals surface area contributed by atoms with E-state index >= 15 is 0 Å². The minimum Gasteiger partial charge on any atom is -0.346 e. The average Bonchev–Trinajstić information content (AvgIpc) is 2.92. The topological polar surface area (TPSA) is 78.4 Å². The SMILES string of the molecule is CC(C)(C)c1nsc(N2CCN3C(=O)C(=O)NCC3C2)n1. The molecule has 3 heterocycles. The van der Waals surface area contributed by atoms with Crippen molar-refractivity contribution in [1.82, 2.24) is 19.6 Å². The summed E-state index contributed by atoms with van der Waals surface area (Å²) in [7, 11) is 0. The molecule has 1 aromatic heterocycles. The monoisotopic (exact) mass is 309 g/mol. The second-order valence-corrected chi connectivity index (χ2v) is 7.19. The Kier molecular flexibility index (Phi) is 3.35. The van der Waals surface area contributed by atoms with E-state index in [1.165, 1.54) is 11.5 Å². The van der Waals surface area contributed by atoms with Gasteiger partial charge in [0.05, 0.1) is 6.04 Å². The van der Waals surface area contributed by atoms with E-state index < -0.39 is 11.8 Å². The third-order valence-electron chi connectivity index (χ3n) is 3.79. The van der Waals surface area contributed by atoms with Gasteiger partial charge in [-0.3, -0.25) is 9.59 Å². The highest BCUT2D eigenvalue weighted by Crippen LogP contribution is 2.27. The van der Waals surface area contributed by atoms with Gasteiger partial charge in [-0.15, -0.1) is 0 Å². The van der Waals surface area contributed by atoms with E-state index in [0.717, 1.165) is 11.0 Å². The largest absolute Gasteiger partial charge is 0.346 e. The van der Waals surface area contributed by atoms with Gasteiger partial charge in [0.2, 0.25) is 5.13 Å². The van der Waals surface area contributed by atoms with E-state index in [2.05, 4.69) is 40.3 Å². The van der Waals surface area contributed by atoms with Crippen LogP contribution in [0.3, 0.4) is 0 Å². The minimum absolute atomic E-state index is 0.0194. The predicted octanol–water partition coefficient (Wildman–Crippen LogP) is -0.0174. The van der Waals surface area contributed by atoms with Crippen molar-refractivity contribution in [2.45, 2.75) is 32.2 Å². The van der Waals surface area contributed by atoms with Crippen molar-refractivity contribution in [3.63, 3.8) is 0 Å². The molecule has 2 aliphatic heterocycles. The van der Waals surface area contributed by atoms with E-state index in [9.17, 15) is 9.59 Å². The molecule has 114 valence electrons. The van der Waals surface area contributed by atoms with Crippen LogP contribution in [-0.4, -0.2) is 58.3 Å². The van der Waals surface area contributed by atoms with Gasteiger partial charge in [-0.25, -0.2) is 4.98 Å². The number of carbonyl (C=O) groups is 2. The first-order valence-corrected chi connectivity index (χ1v) is 7.81. The quantitative estimate of drug-likeness (QED) is 0.738. The van der Waals surface area contributed by atoms with Crippen LogP contribution in [0.4, 0.5) is 5.13 Å². The second kappa shape index (κ2) is 4.94. The maximum absolute atomic E-state index is 11.8. The lowest BCUT2D eigenvalue weighted by molar-refractivity contribution is -0.150. The molecule has 0 saturated carbocycles. The van der Waals surface area contributed by atoms with Crippen LogP contribution in [0.5, 0.6) is 0 Å². The zero-order valence-electron chi connectivity index (χ0n) is 12.4. The smallest absolute Gasteiger partial charge is 0.312 e. The van der Waals surface area contributed by atoms with E-state index in [1.54, 1.807) is 4.90 Å². The number of hydrogen-bond donors (Lipinski definition) is 1. The van der Waals surface area contributed by atoms with E-state index in [1.807, 2.05) is 0 Å². The Morgan fingerprint density at radius 1 is 1.29 bits per heavy atom. The lowest BCUT2D eigenvalue weighted by Gasteiger charge is -2.43. The van der Waals surface area contributed by atoms with Crippen molar-refractivity contribution in [3.8, 4) is 0 Å². The highest BCUT2D eigenvalue weighted by molar-refractivity contribution is 7.09. The molecule has 0 spiro atoms. The van der Waals surface area contributed by atoms with E-state index in [-0.39, 0.29) is 11.5 Å². The maximum atomic E-state index is 11.8. The molecule has 2 aliphatic rings. The molecule has 1 unspecified atom stereocenters. The molecular formula is C13H19N5O2S. The average molecular weight is 309 g/mol. The van der Waals surface area contributed by atoms with Crippen LogP contribution in [0.1, 0.15) is 26.6 Å². The van der Waals surface area contributed by atoms with Crippen LogP contribution in [-0.2, 0) is 15.0 Å². The fraction of sp³-hybridized carbons (Fsp3) is 0.692. The number of aromatic nitrogens is 2. The van der Waals surface area contributed by atoms with Crippen molar-refractivity contribution >= 4 is 28.5 Å². The molecule has 7 nitrogen and oxygen atoms in total. The Morgan fingerprint density at radius 2 is 2.05 bits per heavy atom. The summed E-state index contributed by atoms with van der Waals surface area (Å²) in [6.07, 6.45) is 0. The molecule has 1 aromatic rings. The molecule has 2 fully saturated rings. The number of piperazine rings is 2. The van der Waals surface area contributed by atoms with E-state index in [0.29, 0.717) is 26.2 Å².